The predicted molar refractivity (Wildman–Crippen MR) is 79.5 cm³/mol. The fourth-order valence-corrected chi connectivity index (χ4v) is 2.47. The van der Waals surface area contributed by atoms with Gasteiger partial charge in [0.1, 0.15) is 0 Å². The van der Waals surface area contributed by atoms with Gasteiger partial charge in [-0.25, -0.2) is 14.3 Å². The van der Waals surface area contributed by atoms with Gasteiger partial charge in [0.2, 0.25) is 0 Å². The lowest BCUT2D eigenvalue weighted by atomic mass is 10.1. The topological polar surface area (TPSA) is 56.5 Å². The van der Waals surface area contributed by atoms with Crippen LogP contribution in [0.4, 0.5) is 13.2 Å². The number of halogens is 3. The van der Waals surface area contributed by atoms with E-state index in [0.29, 0.717) is 5.56 Å². The molecule has 0 amide bonds. The second-order valence-corrected chi connectivity index (χ2v) is 5.07. The van der Waals surface area contributed by atoms with Crippen molar-refractivity contribution in [1.82, 2.24) is 14.6 Å². The Hall–Kier alpha value is -2.90. The van der Waals surface area contributed by atoms with Crippen molar-refractivity contribution < 1.29 is 22.7 Å². The zero-order valence-corrected chi connectivity index (χ0v) is 12.8. The minimum atomic E-state index is -4.66. The Balaban J connectivity index is 2.37. The van der Waals surface area contributed by atoms with Crippen molar-refractivity contribution in [2.24, 2.45) is 0 Å². The maximum Gasteiger partial charge on any atom is 0.435 e. The molecule has 0 fully saturated rings. The van der Waals surface area contributed by atoms with Crippen LogP contribution in [0.3, 0.4) is 0 Å². The molecule has 0 aliphatic heterocycles. The lowest BCUT2D eigenvalue weighted by Crippen LogP contribution is -2.10. The maximum atomic E-state index is 13.4. The summed E-state index contributed by atoms with van der Waals surface area (Å²) in [4.78, 5) is 15.7. The van der Waals surface area contributed by atoms with Gasteiger partial charge >= 0.3 is 12.1 Å². The van der Waals surface area contributed by atoms with E-state index in [1.165, 1.54) is 20.2 Å². The molecule has 0 aliphatic rings. The minimum Gasteiger partial charge on any atom is -0.465 e. The van der Waals surface area contributed by atoms with Crippen LogP contribution in [0.15, 0.2) is 36.5 Å². The molecule has 8 heteroatoms. The van der Waals surface area contributed by atoms with Gasteiger partial charge in [-0.2, -0.15) is 18.3 Å². The Morgan fingerprint density at radius 2 is 1.88 bits per heavy atom. The van der Waals surface area contributed by atoms with Crippen LogP contribution in [0.2, 0.25) is 0 Å². The van der Waals surface area contributed by atoms with Crippen LogP contribution in [0.25, 0.3) is 16.8 Å². The Labute approximate surface area is 134 Å². The van der Waals surface area contributed by atoms with Gasteiger partial charge in [0.15, 0.2) is 11.3 Å². The van der Waals surface area contributed by atoms with Gasteiger partial charge in [-0.3, -0.25) is 0 Å². The van der Waals surface area contributed by atoms with Crippen molar-refractivity contribution in [2.75, 3.05) is 7.11 Å². The average Bonchev–Trinajstić information content (AvgIpc) is 2.96. The molecule has 1 aromatic carbocycles. The first-order valence-corrected chi connectivity index (χ1v) is 6.94. The number of nitrogens with zero attached hydrogens (tertiary/aromatic N) is 3. The number of carbonyl (C=O) groups is 1. The number of hydrogen-bond acceptors (Lipinski definition) is 4. The summed E-state index contributed by atoms with van der Waals surface area (Å²) in [7, 11) is 1.19. The number of fused-ring (bicyclic) bond motifs is 1. The number of esters is 1. The van der Waals surface area contributed by atoms with E-state index < -0.39 is 17.8 Å². The van der Waals surface area contributed by atoms with Crippen molar-refractivity contribution in [3.05, 3.63) is 53.5 Å². The molecular formula is C16H12F3N3O2. The lowest BCUT2D eigenvalue weighted by Gasteiger charge is -2.06. The number of aromatic nitrogens is 3. The summed E-state index contributed by atoms with van der Waals surface area (Å²) in [6.07, 6.45) is -3.46. The van der Waals surface area contributed by atoms with Gasteiger partial charge in [-0.15, -0.1) is 0 Å². The molecule has 0 N–H and O–H groups in total. The number of ether oxygens (including phenoxy) is 1. The fourth-order valence-electron chi connectivity index (χ4n) is 2.47. The smallest absolute Gasteiger partial charge is 0.435 e. The largest absolute Gasteiger partial charge is 0.465 e. The molecule has 3 rings (SSSR count). The first-order chi connectivity index (χ1) is 11.3. The highest BCUT2D eigenvalue weighted by molar-refractivity contribution is 5.91. The van der Waals surface area contributed by atoms with Crippen molar-refractivity contribution >= 4 is 11.6 Å². The number of hydrogen-bond donors (Lipinski definition) is 0. The molecule has 0 atom stereocenters. The highest BCUT2D eigenvalue weighted by Gasteiger charge is 2.39. The predicted octanol–water partition coefficient (Wildman–Crippen LogP) is 3.51. The van der Waals surface area contributed by atoms with Gasteiger partial charge in [-0.1, -0.05) is 30.3 Å². The SMILES string of the molecule is COC(=O)c1cnc2c(-c3ccccc3)c(C(F)(F)F)nn2c1C. The van der Waals surface area contributed by atoms with Gasteiger partial charge in [0.05, 0.1) is 23.9 Å². The molecule has 0 aliphatic carbocycles. The first-order valence-electron chi connectivity index (χ1n) is 6.94. The number of benzene rings is 1. The summed E-state index contributed by atoms with van der Waals surface area (Å²) in [6, 6.07) is 8.08. The molecule has 3 aromatic rings. The Kier molecular flexibility index (Phi) is 3.75. The van der Waals surface area contributed by atoms with E-state index in [-0.39, 0.29) is 22.5 Å². The summed E-state index contributed by atoms with van der Waals surface area (Å²) in [5, 5.41) is 3.66. The van der Waals surface area contributed by atoms with E-state index >= 15 is 0 Å². The van der Waals surface area contributed by atoms with Crippen molar-refractivity contribution in [1.29, 1.82) is 0 Å². The van der Waals surface area contributed by atoms with Crippen molar-refractivity contribution in [3.8, 4) is 11.1 Å². The zero-order valence-electron chi connectivity index (χ0n) is 12.8. The highest BCUT2D eigenvalue weighted by atomic mass is 19.4. The molecule has 2 aromatic heterocycles. The number of carbonyl (C=O) groups excluding carboxylic acids is 1. The van der Waals surface area contributed by atoms with Crippen LogP contribution in [0, 0.1) is 6.92 Å². The molecular weight excluding hydrogens is 323 g/mol. The normalized spacial score (nSPS) is 11.7. The number of rotatable bonds is 2. The van der Waals surface area contributed by atoms with E-state index in [2.05, 4.69) is 14.8 Å². The second-order valence-electron chi connectivity index (χ2n) is 5.07. The Morgan fingerprint density at radius 3 is 2.46 bits per heavy atom. The number of methoxy groups -OCH3 is 1. The van der Waals surface area contributed by atoms with Gasteiger partial charge in [-0.05, 0) is 12.5 Å². The van der Waals surface area contributed by atoms with Crippen LogP contribution >= 0.6 is 0 Å². The monoisotopic (exact) mass is 335 g/mol. The molecule has 124 valence electrons. The van der Waals surface area contributed by atoms with Crippen LogP contribution in [0.5, 0.6) is 0 Å². The quantitative estimate of drug-likeness (QED) is 0.673. The molecule has 5 nitrogen and oxygen atoms in total. The average molecular weight is 335 g/mol. The van der Waals surface area contributed by atoms with E-state index in [1.54, 1.807) is 30.3 Å². The highest BCUT2D eigenvalue weighted by Crippen LogP contribution is 2.38. The summed E-state index contributed by atoms with van der Waals surface area (Å²) in [5.41, 5.74) is -0.523. The third-order valence-electron chi connectivity index (χ3n) is 3.62. The number of aryl methyl sites for hydroxylation is 1. The second kappa shape index (κ2) is 5.63. The van der Waals surface area contributed by atoms with Crippen molar-refractivity contribution in [2.45, 2.75) is 13.1 Å². The van der Waals surface area contributed by atoms with Crippen LogP contribution in [-0.4, -0.2) is 27.7 Å². The Bertz CT molecular complexity index is 918. The van der Waals surface area contributed by atoms with E-state index in [0.717, 1.165) is 4.52 Å². The standard InChI is InChI=1S/C16H12F3N3O2/c1-9-11(15(23)24-2)8-20-14-12(10-6-4-3-5-7-10)13(16(17,18)19)21-22(9)14/h3-8H,1-2H3. The molecule has 0 bridgehead atoms. The molecule has 0 unspecified atom stereocenters. The van der Waals surface area contributed by atoms with E-state index in [9.17, 15) is 18.0 Å². The van der Waals surface area contributed by atoms with E-state index in [1.807, 2.05) is 0 Å². The lowest BCUT2D eigenvalue weighted by molar-refractivity contribution is -0.140. The third-order valence-corrected chi connectivity index (χ3v) is 3.62. The molecule has 24 heavy (non-hydrogen) atoms. The number of alkyl halides is 3. The maximum absolute atomic E-state index is 13.4. The summed E-state index contributed by atoms with van der Waals surface area (Å²) >= 11 is 0. The fraction of sp³-hybridized carbons (Fsp3) is 0.188. The first kappa shape index (κ1) is 16.0. The van der Waals surface area contributed by atoms with Crippen LogP contribution < -0.4 is 0 Å². The van der Waals surface area contributed by atoms with E-state index in [4.69, 9.17) is 0 Å². The zero-order chi connectivity index (χ0) is 17.5. The van der Waals surface area contributed by atoms with Gasteiger partial charge < -0.3 is 4.74 Å². The van der Waals surface area contributed by atoms with Gasteiger partial charge in [0.25, 0.3) is 0 Å². The Morgan fingerprint density at radius 1 is 1.21 bits per heavy atom. The molecule has 2 heterocycles. The summed E-state index contributed by atoms with van der Waals surface area (Å²) in [5.74, 6) is -0.688. The third kappa shape index (κ3) is 2.49. The molecule has 0 spiro atoms. The molecule has 0 saturated carbocycles. The summed E-state index contributed by atoms with van der Waals surface area (Å²) < 4.78 is 45.9. The van der Waals surface area contributed by atoms with Crippen molar-refractivity contribution in [3.63, 3.8) is 0 Å². The summed E-state index contributed by atoms with van der Waals surface area (Å²) in [6.45, 7) is 1.49. The van der Waals surface area contributed by atoms with Gasteiger partial charge in [0, 0.05) is 6.20 Å². The minimum absolute atomic E-state index is 0.0266. The molecule has 0 saturated heterocycles. The molecule has 0 radical (unpaired) electrons. The van der Waals surface area contributed by atoms with Crippen LogP contribution in [-0.2, 0) is 10.9 Å². The van der Waals surface area contributed by atoms with Crippen LogP contribution in [0.1, 0.15) is 21.7 Å².